The fourth-order valence-corrected chi connectivity index (χ4v) is 4.36. The van der Waals surface area contributed by atoms with E-state index in [1.54, 1.807) is 14.2 Å². The van der Waals surface area contributed by atoms with Crippen molar-refractivity contribution >= 4 is 11.8 Å². The first-order valence-corrected chi connectivity index (χ1v) is 9.67. The summed E-state index contributed by atoms with van der Waals surface area (Å²) in [6, 6.07) is 0.649. The topological polar surface area (TPSA) is 76.7 Å². The Balaban J connectivity index is 1.60. The monoisotopic (exact) mass is 354 g/mol. The largest absolute Gasteiger partial charge is 0.375 e. The van der Waals surface area contributed by atoms with Crippen LogP contribution < -0.4 is 10.6 Å². The van der Waals surface area contributed by atoms with Crippen LogP contribution in [0, 0.1) is 11.8 Å². The maximum absolute atomic E-state index is 11.6. The van der Waals surface area contributed by atoms with Gasteiger partial charge in [0.25, 0.3) is 0 Å². The molecule has 0 unspecified atom stereocenters. The molecule has 6 nitrogen and oxygen atoms in total. The van der Waals surface area contributed by atoms with Crippen molar-refractivity contribution in [2.75, 3.05) is 27.4 Å². The number of carbonyl (C=O) groups is 2. The van der Waals surface area contributed by atoms with Gasteiger partial charge in [0.05, 0.1) is 0 Å². The maximum Gasteiger partial charge on any atom is 0.246 e. The molecular weight excluding hydrogens is 320 g/mol. The molecule has 0 aliphatic heterocycles. The number of carbonyl (C=O) groups excluding carboxylic acids is 2. The Morgan fingerprint density at radius 1 is 0.720 bits per heavy atom. The van der Waals surface area contributed by atoms with Crippen molar-refractivity contribution in [3.05, 3.63) is 0 Å². The van der Waals surface area contributed by atoms with E-state index in [1.807, 2.05) is 0 Å². The zero-order valence-electron chi connectivity index (χ0n) is 15.7. The van der Waals surface area contributed by atoms with Gasteiger partial charge in [0, 0.05) is 26.3 Å². The van der Waals surface area contributed by atoms with Crippen molar-refractivity contribution in [3.63, 3.8) is 0 Å². The van der Waals surface area contributed by atoms with E-state index in [4.69, 9.17) is 9.47 Å². The summed E-state index contributed by atoms with van der Waals surface area (Å²) in [5.74, 6) is 1.58. The second-order valence-electron chi connectivity index (χ2n) is 7.67. The molecule has 0 aromatic heterocycles. The summed E-state index contributed by atoms with van der Waals surface area (Å²) in [4.78, 5) is 23.2. The lowest BCUT2D eigenvalue weighted by atomic mass is 9.75. The number of ether oxygens (including phenoxy) is 2. The Labute approximate surface area is 151 Å². The van der Waals surface area contributed by atoms with Crippen LogP contribution in [0.5, 0.6) is 0 Å². The molecule has 25 heavy (non-hydrogen) atoms. The summed E-state index contributed by atoms with van der Waals surface area (Å²) in [7, 11) is 3.10. The highest BCUT2D eigenvalue weighted by Gasteiger charge is 2.27. The van der Waals surface area contributed by atoms with Crippen LogP contribution in [0.15, 0.2) is 0 Å². The standard InChI is InChI=1S/C19H34N2O4/c1-24-12-18(22)20-16-7-3-14(4-8-16)11-15-5-9-17(10-6-15)21-19(23)13-25-2/h14-17H,3-13H2,1-2H3,(H,20,22)(H,21,23). The highest BCUT2D eigenvalue weighted by molar-refractivity contribution is 5.77. The molecule has 2 aliphatic carbocycles. The van der Waals surface area contributed by atoms with Gasteiger partial charge < -0.3 is 20.1 Å². The second kappa shape index (κ2) is 10.8. The maximum atomic E-state index is 11.6. The molecule has 0 saturated heterocycles. The van der Waals surface area contributed by atoms with Gasteiger partial charge in [-0.3, -0.25) is 9.59 Å². The van der Waals surface area contributed by atoms with E-state index in [1.165, 1.54) is 32.1 Å². The molecule has 0 atom stereocenters. The third-order valence-electron chi connectivity index (χ3n) is 5.64. The van der Waals surface area contributed by atoms with Crippen LogP contribution in [0.3, 0.4) is 0 Å². The number of amides is 2. The van der Waals surface area contributed by atoms with Gasteiger partial charge in [0.15, 0.2) is 0 Å². The Hall–Kier alpha value is -1.14. The predicted molar refractivity (Wildman–Crippen MR) is 96.1 cm³/mol. The Bertz CT molecular complexity index is 376. The molecule has 0 radical (unpaired) electrons. The number of nitrogens with one attached hydrogen (secondary N) is 2. The van der Waals surface area contributed by atoms with Gasteiger partial charge in [-0.05, 0) is 69.6 Å². The molecule has 2 amide bonds. The predicted octanol–water partition coefficient (Wildman–Crippen LogP) is 2.02. The van der Waals surface area contributed by atoms with E-state index in [0.29, 0.717) is 12.1 Å². The Morgan fingerprint density at radius 3 is 1.40 bits per heavy atom. The minimum absolute atomic E-state index is 0.000192. The number of methoxy groups -OCH3 is 2. The molecule has 2 aliphatic rings. The van der Waals surface area contributed by atoms with Crippen LogP contribution in [-0.2, 0) is 19.1 Å². The summed E-state index contributed by atoms with van der Waals surface area (Å²) in [6.07, 6.45) is 10.5. The van der Waals surface area contributed by atoms with Crippen LogP contribution in [-0.4, -0.2) is 51.3 Å². The molecule has 0 spiro atoms. The van der Waals surface area contributed by atoms with Crippen molar-refractivity contribution in [3.8, 4) is 0 Å². The van der Waals surface area contributed by atoms with Gasteiger partial charge in [-0.2, -0.15) is 0 Å². The Kier molecular flexibility index (Phi) is 8.68. The van der Waals surface area contributed by atoms with Crippen LogP contribution in [0.4, 0.5) is 0 Å². The fourth-order valence-electron chi connectivity index (χ4n) is 4.36. The minimum atomic E-state index is -0.000192. The average Bonchev–Trinajstić information content (AvgIpc) is 2.59. The van der Waals surface area contributed by atoms with E-state index in [9.17, 15) is 9.59 Å². The molecule has 2 N–H and O–H groups in total. The zero-order valence-corrected chi connectivity index (χ0v) is 15.7. The number of hydrogen-bond acceptors (Lipinski definition) is 4. The molecule has 6 heteroatoms. The van der Waals surface area contributed by atoms with E-state index in [-0.39, 0.29) is 25.0 Å². The molecule has 0 aromatic rings. The van der Waals surface area contributed by atoms with Crippen molar-refractivity contribution < 1.29 is 19.1 Å². The van der Waals surface area contributed by atoms with Gasteiger partial charge in [-0.25, -0.2) is 0 Å². The first kappa shape index (κ1) is 20.2. The second-order valence-corrected chi connectivity index (χ2v) is 7.67. The molecule has 2 fully saturated rings. The van der Waals surface area contributed by atoms with Crippen LogP contribution in [0.1, 0.15) is 57.8 Å². The number of rotatable bonds is 8. The molecular formula is C19H34N2O4. The van der Waals surface area contributed by atoms with Gasteiger partial charge in [-0.1, -0.05) is 0 Å². The zero-order chi connectivity index (χ0) is 18.1. The highest BCUT2D eigenvalue weighted by Crippen LogP contribution is 2.35. The normalized spacial score (nSPS) is 29.8. The molecule has 2 rings (SSSR count). The lowest BCUT2D eigenvalue weighted by Crippen LogP contribution is -2.40. The first-order valence-electron chi connectivity index (χ1n) is 9.67. The van der Waals surface area contributed by atoms with Crippen molar-refractivity contribution in [1.82, 2.24) is 10.6 Å². The SMILES string of the molecule is COCC(=O)NC1CCC(CC2CCC(NC(=O)COC)CC2)CC1. The smallest absolute Gasteiger partial charge is 0.246 e. The van der Waals surface area contributed by atoms with Crippen molar-refractivity contribution in [2.45, 2.75) is 69.9 Å². The Morgan fingerprint density at radius 2 is 1.08 bits per heavy atom. The van der Waals surface area contributed by atoms with Gasteiger partial charge in [0.1, 0.15) is 13.2 Å². The molecule has 0 heterocycles. The van der Waals surface area contributed by atoms with E-state index < -0.39 is 0 Å². The summed E-state index contributed by atoms with van der Waals surface area (Å²) >= 11 is 0. The molecule has 0 aromatic carbocycles. The summed E-state index contributed by atoms with van der Waals surface area (Å²) < 4.78 is 9.74. The lowest BCUT2D eigenvalue weighted by molar-refractivity contribution is -0.126. The summed E-state index contributed by atoms with van der Waals surface area (Å²) in [5.41, 5.74) is 0. The average molecular weight is 354 g/mol. The van der Waals surface area contributed by atoms with Crippen LogP contribution in [0.25, 0.3) is 0 Å². The molecule has 144 valence electrons. The van der Waals surface area contributed by atoms with Gasteiger partial charge in [-0.15, -0.1) is 0 Å². The van der Waals surface area contributed by atoms with Gasteiger partial charge in [0.2, 0.25) is 11.8 Å². The summed E-state index contributed by atoms with van der Waals surface area (Å²) in [5, 5.41) is 6.13. The van der Waals surface area contributed by atoms with E-state index in [2.05, 4.69) is 10.6 Å². The highest BCUT2D eigenvalue weighted by atomic mass is 16.5. The lowest BCUT2D eigenvalue weighted by Gasteiger charge is -2.34. The van der Waals surface area contributed by atoms with E-state index >= 15 is 0 Å². The number of hydrogen-bond donors (Lipinski definition) is 2. The third kappa shape index (κ3) is 7.32. The molecule has 2 saturated carbocycles. The third-order valence-corrected chi connectivity index (χ3v) is 5.64. The van der Waals surface area contributed by atoms with Crippen molar-refractivity contribution in [2.24, 2.45) is 11.8 Å². The fraction of sp³-hybridized carbons (Fsp3) is 0.895. The molecule has 0 bridgehead atoms. The van der Waals surface area contributed by atoms with Crippen LogP contribution in [0.2, 0.25) is 0 Å². The van der Waals surface area contributed by atoms with E-state index in [0.717, 1.165) is 37.5 Å². The van der Waals surface area contributed by atoms with Gasteiger partial charge >= 0.3 is 0 Å². The minimum Gasteiger partial charge on any atom is -0.375 e. The van der Waals surface area contributed by atoms with Crippen molar-refractivity contribution in [1.29, 1.82) is 0 Å². The summed E-state index contributed by atoms with van der Waals surface area (Å²) in [6.45, 7) is 0.314. The quantitative estimate of drug-likeness (QED) is 0.699. The first-order chi connectivity index (χ1) is 12.1. The van der Waals surface area contributed by atoms with Crippen LogP contribution >= 0.6 is 0 Å².